The molecule has 0 aliphatic rings. The van der Waals surface area contributed by atoms with Crippen molar-refractivity contribution in [3.05, 3.63) is 27.6 Å². The Balaban J connectivity index is 2.24. The lowest BCUT2D eigenvalue weighted by atomic mass is 10.1. The van der Waals surface area contributed by atoms with Gasteiger partial charge in [0.25, 0.3) is 5.91 Å². The number of aromatic nitrogens is 2. The summed E-state index contributed by atoms with van der Waals surface area (Å²) in [6.07, 6.45) is 0.588. The lowest BCUT2D eigenvalue weighted by Gasteiger charge is -2.00. The van der Waals surface area contributed by atoms with E-state index in [1.54, 1.807) is 13.8 Å². The van der Waals surface area contributed by atoms with E-state index >= 15 is 0 Å². The molecule has 21 heavy (non-hydrogen) atoms. The summed E-state index contributed by atoms with van der Waals surface area (Å²) in [6.45, 7) is 5.24. The van der Waals surface area contributed by atoms with Crippen molar-refractivity contribution in [2.24, 2.45) is 0 Å². The molecule has 0 saturated heterocycles. The molecule has 7 nitrogen and oxygen atoms in total. The fraction of sp³-hybridized carbons (Fsp3) is 0.385. The molecule has 0 bridgehead atoms. The maximum atomic E-state index is 12.3. The number of carbonyl (C=O) groups excluding carboxylic acids is 2. The minimum atomic E-state index is -0.471. The van der Waals surface area contributed by atoms with Gasteiger partial charge < -0.3 is 9.26 Å². The summed E-state index contributed by atoms with van der Waals surface area (Å²) in [7, 11) is 1.30. The molecule has 2 aromatic rings. The van der Waals surface area contributed by atoms with E-state index in [0.29, 0.717) is 39.1 Å². The Bertz CT molecular complexity index is 690. The van der Waals surface area contributed by atoms with Gasteiger partial charge >= 0.3 is 5.97 Å². The smallest absolute Gasteiger partial charge is 0.350 e. The number of carbonyl (C=O) groups is 2. The van der Waals surface area contributed by atoms with Crippen molar-refractivity contribution < 1.29 is 18.8 Å². The van der Waals surface area contributed by atoms with Crippen molar-refractivity contribution in [2.75, 3.05) is 12.4 Å². The van der Waals surface area contributed by atoms with Crippen LogP contribution in [-0.2, 0) is 11.2 Å². The first-order valence-corrected chi connectivity index (χ1v) is 7.11. The van der Waals surface area contributed by atoms with E-state index in [2.05, 4.69) is 20.2 Å². The molecule has 0 fully saturated rings. The standard InChI is InChI=1S/C13H15N3O4S/c1-5-8-9(7(3)20-16-8)11(17)15-13-14-6(2)10(21-13)12(18)19-4/h5H2,1-4H3,(H,14,15,17). The molecule has 0 radical (unpaired) electrons. The number of anilines is 1. The van der Waals surface area contributed by atoms with Crippen molar-refractivity contribution in [2.45, 2.75) is 27.2 Å². The number of rotatable bonds is 4. The van der Waals surface area contributed by atoms with E-state index in [9.17, 15) is 9.59 Å². The highest BCUT2D eigenvalue weighted by Gasteiger charge is 2.22. The first-order valence-electron chi connectivity index (χ1n) is 6.30. The zero-order chi connectivity index (χ0) is 15.6. The highest BCUT2D eigenvalue weighted by molar-refractivity contribution is 7.17. The van der Waals surface area contributed by atoms with Gasteiger partial charge in [-0.15, -0.1) is 0 Å². The van der Waals surface area contributed by atoms with Crippen molar-refractivity contribution in [1.29, 1.82) is 0 Å². The van der Waals surface area contributed by atoms with Gasteiger partial charge in [0, 0.05) is 0 Å². The van der Waals surface area contributed by atoms with Gasteiger partial charge in [-0.25, -0.2) is 9.78 Å². The monoisotopic (exact) mass is 309 g/mol. The van der Waals surface area contributed by atoms with Crippen LogP contribution in [0.1, 0.15) is 44.1 Å². The van der Waals surface area contributed by atoms with Gasteiger partial charge in [0.05, 0.1) is 18.5 Å². The molecule has 0 aliphatic carbocycles. The van der Waals surface area contributed by atoms with Gasteiger partial charge in [-0.1, -0.05) is 23.4 Å². The molecular formula is C13H15N3O4S. The number of nitrogens with zero attached hydrogens (tertiary/aromatic N) is 2. The maximum absolute atomic E-state index is 12.3. The molecule has 8 heteroatoms. The molecule has 0 aromatic carbocycles. The molecule has 0 atom stereocenters. The van der Waals surface area contributed by atoms with Crippen LogP contribution < -0.4 is 5.32 Å². The van der Waals surface area contributed by atoms with Gasteiger partial charge in [-0.2, -0.15) is 0 Å². The second-order valence-electron chi connectivity index (χ2n) is 4.29. The first-order chi connectivity index (χ1) is 9.97. The number of hydrogen-bond donors (Lipinski definition) is 1. The fourth-order valence-corrected chi connectivity index (χ4v) is 2.72. The predicted molar refractivity (Wildman–Crippen MR) is 76.8 cm³/mol. The number of methoxy groups -OCH3 is 1. The summed E-state index contributed by atoms with van der Waals surface area (Å²) in [5.74, 6) is -0.373. The van der Waals surface area contributed by atoms with Crippen molar-refractivity contribution in [1.82, 2.24) is 10.1 Å². The summed E-state index contributed by atoms with van der Waals surface area (Å²) in [4.78, 5) is 28.3. The minimum absolute atomic E-state index is 0.334. The Morgan fingerprint density at radius 1 is 1.38 bits per heavy atom. The van der Waals surface area contributed by atoms with Crippen LogP contribution >= 0.6 is 11.3 Å². The first kappa shape index (κ1) is 15.2. The van der Waals surface area contributed by atoms with Gasteiger partial charge in [0.15, 0.2) is 5.13 Å². The fourth-order valence-electron chi connectivity index (χ4n) is 1.84. The molecule has 0 aliphatic heterocycles. The number of hydrogen-bond acceptors (Lipinski definition) is 7. The summed E-state index contributed by atoms with van der Waals surface area (Å²) in [5, 5.41) is 6.83. The summed E-state index contributed by atoms with van der Waals surface area (Å²) in [5.41, 5.74) is 1.51. The van der Waals surface area contributed by atoms with E-state index in [1.165, 1.54) is 7.11 Å². The van der Waals surface area contributed by atoms with Crippen LogP contribution in [0.4, 0.5) is 5.13 Å². The predicted octanol–water partition coefficient (Wildman–Crippen LogP) is 2.35. The van der Waals surface area contributed by atoms with Gasteiger partial charge in [0.1, 0.15) is 16.2 Å². The number of esters is 1. The van der Waals surface area contributed by atoms with Crippen molar-refractivity contribution in [3.63, 3.8) is 0 Å². The van der Waals surface area contributed by atoms with E-state index in [-0.39, 0.29) is 5.91 Å². The number of amides is 1. The van der Waals surface area contributed by atoms with Crippen LogP contribution in [0.2, 0.25) is 0 Å². The topological polar surface area (TPSA) is 94.3 Å². The Labute approximate surface area is 125 Å². The molecule has 112 valence electrons. The van der Waals surface area contributed by atoms with Gasteiger partial charge in [0.2, 0.25) is 0 Å². The number of ether oxygens (including phenoxy) is 1. The third kappa shape index (κ3) is 2.94. The zero-order valence-electron chi connectivity index (χ0n) is 12.1. The Morgan fingerprint density at radius 2 is 2.10 bits per heavy atom. The van der Waals surface area contributed by atoms with E-state index in [1.807, 2.05) is 6.92 Å². The van der Waals surface area contributed by atoms with Crippen molar-refractivity contribution >= 4 is 28.3 Å². The number of aryl methyl sites for hydroxylation is 3. The van der Waals surface area contributed by atoms with Crippen molar-refractivity contribution in [3.8, 4) is 0 Å². The van der Waals surface area contributed by atoms with E-state index < -0.39 is 5.97 Å². The third-order valence-corrected chi connectivity index (χ3v) is 3.94. The number of nitrogens with one attached hydrogen (secondary N) is 1. The lowest BCUT2D eigenvalue weighted by molar-refractivity contribution is 0.0605. The highest BCUT2D eigenvalue weighted by atomic mass is 32.1. The Kier molecular flexibility index (Phi) is 4.37. The second kappa shape index (κ2) is 6.04. The number of thiazole rings is 1. The largest absolute Gasteiger partial charge is 0.465 e. The summed E-state index contributed by atoms with van der Waals surface area (Å²) in [6, 6.07) is 0. The molecule has 0 saturated carbocycles. The zero-order valence-corrected chi connectivity index (χ0v) is 13.0. The molecule has 2 aromatic heterocycles. The molecule has 0 unspecified atom stereocenters. The molecule has 2 rings (SSSR count). The SMILES string of the molecule is CCc1noc(C)c1C(=O)Nc1nc(C)c(C(=O)OC)s1. The highest BCUT2D eigenvalue weighted by Crippen LogP contribution is 2.24. The Morgan fingerprint density at radius 3 is 2.71 bits per heavy atom. The quantitative estimate of drug-likeness (QED) is 0.871. The minimum Gasteiger partial charge on any atom is -0.465 e. The van der Waals surface area contributed by atoms with Gasteiger partial charge in [-0.05, 0) is 20.3 Å². The van der Waals surface area contributed by atoms with Crippen LogP contribution in [0.25, 0.3) is 0 Å². The normalized spacial score (nSPS) is 10.5. The van der Waals surface area contributed by atoms with E-state index in [4.69, 9.17) is 4.52 Å². The van der Waals surface area contributed by atoms with Crippen LogP contribution in [0.15, 0.2) is 4.52 Å². The molecule has 1 amide bonds. The molecule has 2 heterocycles. The van der Waals surface area contributed by atoms with E-state index in [0.717, 1.165) is 11.3 Å². The van der Waals surface area contributed by atoms with Crippen LogP contribution in [0.3, 0.4) is 0 Å². The lowest BCUT2D eigenvalue weighted by Crippen LogP contribution is -2.14. The Hall–Kier alpha value is -2.22. The van der Waals surface area contributed by atoms with Crippen LogP contribution in [0.5, 0.6) is 0 Å². The maximum Gasteiger partial charge on any atom is 0.350 e. The molecule has 0 spiro atoms. The molecule has 1 N–H and O–H groups in total. The average molecular weight is 309 g/mol. The second-order valence-corrected chi connectivity index (χ2v) is 5.29. The summed E-state index contributed by atoms with van der Waals surface area (Å²) < 4.78 is 9.69. The third-order valence-electron chi connectivity index (χ3n) is 2.88. The summed E-state index contributed by atoms with van der Waals surface area (Å²) >= 11 is 1.07. The molecular weight excluding hydrogens is 294 g/mol. The van der Waals surface area contributed by atoms with Gasteiger partial charge in [-0.3, -0.25) is 10.1 Å². The average Bonchev–Trinajstić information content (AvgIpc) is 3.00. The van der Waals surface area contributed by atoms with Crippen LogP contribution in [-0.4, -0.2) is 29.1 Å². The van der Waals surface area contributed by atoms with Crippen LogP contribution in [0, 0.1) is 13.8 Å².